The molecule has 0 atom stereocenters. The lowest BCUT2D eigenvalue weighted by Gasteiger charge is -2.02. The van der Waals surface area contributed by atoms with Gasteiger partial charge in [-0.25, -0.2) is 0 Å². The van der Waals surface area contributed by atoms with E-state index in [1.165, 1.54) is 16.9 Å². The first-order chi connectivity index (χ1) is 8.63. The third-order valence-corrected chi connectivity index (χ3v) is 4.46. The molecular formula is C13H16N2OS2. The number of benzene rings is 1. The van der Waals surface area contributed by atoms with Crippen LogP contribution in [0.25, 0.3) is 10.1 Å². The quantitative estimate of drug-likeness (QED) is 0.847. The maximum Gasteiger partial charge on any atom is 0.263 e. The minimum atomic E-state index is -0.0691. The second-order valence-electron chi connectivity index (χ2n) is 4.09. The molecule has 1 heterocycles. The molecule has 0 saturated heterocycles. The van der Waals surface area contributed by atoms with Crippen LogP contribution < -0.4 is 11.1 Å². The van der Waals surface area contributed by atoms with Gasteiger partial charge in [0.15, 0.2) is 0 Å². The Bertz CT molecular complexity index is 578. The standard InChI is InChI=1S/C13H16N2OS2/c1-8-3-4-9-10(7-8)18-12(11(9)14)13(16)15-5-6-17-2/h3-4,7H,5-6,14H2,1-2H3,(H,15,16). The molecule has 0 aliphatic carbocycles. The maximum atomic E-state index is 12.0. The van der Waals surface area contributed by atoms with Gasteiger partial charge in [-0.1, -0.05) is 12.1 Å². The van der Waals surface area contributed by atoms with Crippen molar-refractivity contribution in [3.8, 4) is 0 Å². The Hall–Kier alpha value is -1.20. The minimum absolute atomic E-state index is 0.0691. The van der Waals surface area contributed by atoms with Crippen molar-refractivity contribution in [2.45, 2.75) is 6.92 Å². The van der Waals surface area contributed by atoms with Crippen LogP contribution in [0, 0.1) is 6.92 Å². The fraction of sp³-hybridized carbons (Fsp3) is 0.308. The Morgan fingerprint density at radius 1 is 1.50 bits per heavy atom. The highest BCUT2D eigenvalue weighted by atomic mass is 32.2. The van der Waals surface area contributed by atoms with Crippen LogP contribution in [0.4, 0.5) is 5.69 Å². The number of hydrogen-bond donors (Lipinski definition) is 2. The Kier molecular flexibility index (Phi) is 4.14. The molecule has 0 spiro atoms. The van der Waals surface area contributed by atoms with Crippen LogP contribution in [-0.4, -0.2) is 24.5 Å². The second-order valence-corrected chi connectivity index (χ2v) is 6.13. The van der Waals surface area contributed by atoms with Gasteiger partial charge >= 0.3 is 0 Å². The van der Waals surface area contributed by atoms with Gasteiger partial charge in [-0.3, -0.25) is 4.79 Å². The first-order valence-corrected chi connectivity index (χ1v) is 7.90. The number of thiophene rings is 1. The van der Waals surface area contributed by atoms with Crippen LogP contribution in [0.1, 0.15) is 15.2 Å². The van der Waals surface area contributed by atoms with Crippen molar-refractivity contribution < 1.29 is 4.79 Å². The molecule has 0 radical (unpaired) electrons. The highest BCUT2D eigenvalue weighted by Gasteiger charge is 2.15. The Labute approximate surface area is 115 Å². The number of carbonyl (C=O) groups is 1. The number of nitrogens with one attached hydrogen (secondary N) is 1. The first-order valence-electron chi connectivity index (χ1n) is 5.69. The fourth-order valence-corrected chi connectivity index (χ4v) is 3.18. The molecule has 0 fully saturated rings. The number of thioether (sulfide) groups is 1. The molecule has 0 unspecified atom stereocenters. The molecule has 0 saturated carbocycles. The summed E-state index contributed by atoms with van der Waals surface area (Å²) in [6, 6.07) is 6.06. The van der Waals surface area contributed by atoms with E-state index >= 15 is 0 Å². The van der Waals surface area contributed by atoms with E-state index in [0.29, 0.717) is 17.1 Å². The van der Waals surface area contributed by atoms with Gasteiger partial charge in [0.05, 0.1) is 5.69 Å². The number of carbonyl (C=O) groups excluding carboxylic acids is 1. The Balaban J connectivity index is 2.28. The molecule has 5 heteroatoms. The number of anilines is 1. The van der Waals surface area contributed by atoms with Crippen molar-refractivity contribution >= 4 is 44.8 Å². The number of fused-ring (bicyclic) bond motifs is 1. The van der Waals surface area contributed by atoms with Gasteiger partial charge in [-0.2, -0.15) is 11.8 Å². The number of nitrogens with two attached hydrogens (primary N) is 1. The molecule has 2 rings (SSSR count). The second kappa shape index (κ2) is 5.63. The van der Waals surface area contributed by atoms with E-state index in [2.05, 4.69) is 11.4 Å². The summed E-state index contributed by atoms with van der Waals surface area (Å²) in [5.41, 5.74) is 7.81. The number of rotatable bonds is 4. The molecule has 3 N–H and O–H groups in total. The Morgan fingerprint density at radius 3 is 3.00 bits per heavy atom. The van der Waals surface area contributed by atoms with Crippen molar-refractivity contribution in [3.63, 3.8) is 0 Å². The van der Waals surface area contributed by atoms with E-state index < -0.39 is 0 Å². The summed E-state index contributed by atoms with van der Waals surface area (Å²) in [6.07, 6.45) is 2.02. The highest BCUT2D eigenvalue weighted by Crippen LogP contribution is 2.33. The van der Waals surface area contributed by atoms with Crippen molar-refractivity contribution in [2.24, 2.45) is 0 Å². The topological polar surface area (TPSA) is 55.1 Å². The maximum absolute atomic E-state index is 12.0. The molecule has 1 aromatic heterocycles. The molecule has 0 aliphatic heterocycles. The number of hydrogen-bond acceptors (Lipinski definition) is 4. The number of amides is 1. The van der Waals surface area contributed by atoms with Gasteiger partial charge in [0.25, 0.3) is 5.91 Å². The van der Waals surface area contributed by atoms with Gasteiger partial charge in [-0.05, 0) is 24.8 Å². The molecule has 2 aromatic rings. The van der Waals surface area contributed by atoms with Crippen LogP contribution in [0.15, 0.2) is 18.2 Å². The molecule has 18 heavy (non-hydrogen) atoms. The zero-order valence-corrected chi connectivity index (χ0v) is 12.1. The van der Waals surface area contributed by atoms with E-state index in [9.17, 15) is 4.79 Å². The summed E-state index contributed by atoms with van der Waals surface area (Å²) in [7, 11) is 0. The predicted octanol–water partition coefficient (Wildman–Crippen LogP) is 2.88. The van der Waals surface area contributed by atoms with Crippen molar-refractivity contribution in [2.75, 3.05) is 24.3 Å². The zero-order valence-electron chi connectivity index (χ0n) is 10.4. The smallest absolute Gasteiger partial charge is 0.263 e. The summed E-state index contributed by atoms with van der Waals surface area (Å²) >= 11 is 3.17. The van der Waals surface area contributed by atoms with Crippen LogP contribution >= 0.6 is 23.1 Å². The first kappa shape index (κ1) is 13.2. The van der Waals surface area contributed by atoms with Crippen LogP contribution in [-0.2, 0) is 0 Å². The summed E-state index contributed by atoms with van der Waals surface area (Å²) in [5.74, 6) is 0.843. The molecule has 1 amide bonds. The molecular weight excluding hydrogens is 264 g/mol. The lowest BCUT2D eigenvalue weighted by atomic mass is 10.1. The highest BCUT2D eigenvalue weighted by molar-refractivity contribution is 7.98. The van der Waals surface area contributed by atoms with Gasteiger partial charge in [-0.15, -0.1) is 11.3 Å². The summed E-state index contributed by atoms with van der Waals surface area (Å²) < 4.78 is 1.07. The summed E-state index contributed by atoms with van der Waals surface area (Å²) in [6.45, 7) is 2.71. The lowest BCUT2D eigenvalue weighted by Crippen LogP contribution is -2.25. The van der Waals surface area contributed by atoms with Crippen molar-refractivity contribution in [3.05, 3.63) is 28.6 Å². The largest absolute Gasteiger partial charge is 0.397 e. The van der Waals surface area contributed by atoms with Gasteiger partial charge < -0.3 is 11.1 Å². The summed E-state index contributed by atoms with van der Waals surface area (Å²) in [4.78, 5) is 12.6. The van der Waals surface area contributed by atoms with Crippen molar-refractivity contribution in [1.82, 2.24) is 5.32 Å². The van der Waals surface area contributed by atoms with E-state index in [1.54, 1.807) is 11.8 Å². The molecule has 96 valence electrons. The van der Waals surface area contributed by atoms with Gasteiger partial charge in [0, 0.05) is 22.4 Å². The third-order valence-electron chi connectivity index (χ3n) is 2.68. The molecule has 1 aromatic carbocycles. The third kappa shape index (κ3) is 2.62. The normalized spacial score (nSPS) is 10.8. The predicted molar refractivity (Wildman–Crippen MR) is 81.7 cm³/mol. The fourth-order valence-electron chi connectivity index (χ4n) is 1.74. The zero-order chi connectivity index (χ0) is 13.1. The average Bonchev–Trinajstić information content (AvgIpc) is 2.66. The van der Waals surface area contributed by atoms with Crippen molar-refractivity contribution in [1.29, 1.82) is 0 Å². The van der Waals surface area contributed by atoms with E-state index in [1.807, 2.05) is 25.3 Å². The SMILES string of the molecule is CSCCNC(=O)c1sc2cc(C)ccc2c1N. The minimum Gasteiger partial charge on any atom is -0.397 e. The van der Waals surface area contributed by atoms with Gasteiger partial charge in [0.2, 0.25) is 0 Å². The molecule has 0 aliphatic rings. The summed E-state index contributed by atoms with van der Waals surface area (Å²) in [5, 5.41) is 3.86. The molecule has 3 nitrogen and oxygen atoms in total. The Morgan fingerprint density at radius 2 is 2.28 bits per heavy atom. The van der Waals surface area contributed by atoms with Crippen LogP contribution in [0.2, 0.25) is 0 Å². The van der Waals surface area contributed by atoms with E-state index in [-0.39, 0.29) is 5.91 Å². The van der Waals surface area contributed by atoms with Crippen LogP contribution in [0.3, 0.4) is 0 Å². The van der Waals surface area contributed by atoms with Crippen LogP contribution in [0.5, 0.6) is 0 Å². The van der Waals surface area contributed by atoms with E-state index in [0.717, 1.165) is 15.8 Å². The number of nitrogen functional groups attached to an aromatic ring is 1. The van der Waals surface area contributed by atoms with Gasteiger partial charge in [0.1, 0.15) is 4.88 Å². The number of aryl methyl sites for hydroxylation is 1. The average molecular weight is 280 g/mol. The molecule has 0 bridgehead atoms. The monoisotopic (exact) mass is 280 g/mol. The lowest BCUT2D eigenvalue weighted by molar-refractivity contribution is 0.0961. The van der Waals surface area contributed by atoms with E-state index in [4.69, 9.17) is 5.73 Å².